The van der Waals surface area contributed by atoms with Gasteiger partial charge in [0.05, 0.1) is 0 Å². The molecule has 0 aromatic carbocycles. The molecule has 0 spiro atoms. The molecule has 4 bridgehead atoms. The molecule has 0 aromatic rings. The van der Waals surface area contributed by atoms with Crippen molar-refractivity contribution in [3.05, 3.63) is 46.6 Å². The normalized spacial score (nSPS) is 53.7. The molecule has 0 aromatic heterocycles. The summed E-state index contributed by atoms with van der Waals surface area (Å²) in [5, 5.41) is 0. The zero-order chi connectivity index (χ0) is 36.0. The molecule has 0 amide bonds. The second-order valence-corrected chi connectivity index (χ2v) is 25.3. The quantitative estimate of drug-likeness (QED) is 0.269. The van der Waals surface area contributed by atoms with E-state index in [2.05, 4.69) is 86.6 Å². The van der Waals surface area contributed by atoms with Crippen molar-refractivity contribution >= 4 is 0 Å². The van der Waals surface area contributed by atoms with Crippen LogP contribution < -0.4 is 0 Å². The van der Waals surface area contributed by atoms with Gasteiger partial charge < -0.3 is 0 Å². The van der Waals surface area contributed by atoms with Crippen molar-refractivity contribution in [1.82, 2.24) is 0 Å². The van der Waals surface area contributed by atoms with Crippen molar-refractivity contribution in [2.45, 2.75) is 165 Å². The lowest BCUT2D eigenvalue weighted by molar-refractivity contribution is -0.0927. The molecule has 284 valence electrons. The van der Waals surface area contributed by atoms with Gasteiger partial charge in [0.15, 0.2) is 0 Å². The molecule has 0 radical (unpaired) electrons. The van der Waals surface area contributed by atoms with Crippen LogP contribution in [0, 0.1) is 109 Å². The van der Waals surface area contributed by atoms with Crippen molar-refractivity contribution in [2.75, 3.05) is 0 Å². The van der Waals surface area contributed by atoms with E-state index in [1.54, 1.807) is 80.1 Å². The van der Waals surface area contributed by atoms with E-state index in [4.69, 9.17) is 0 Å². The number of rotatable bonds is 2. The van der Waals surface area contributed by atoms with Crippen molar-refractivity contribution in [3.8, 4) is 0 Å². The van der Waals surface area contributed by atoms with Gasteiger partial charge in [-0.25, -0.2) is 0 Å². The first-order chi connectivity index (χ1) is 24.5. The molecule has 12 rings (SSSR count). The van der Waals surface area contributed by atoms with E-state index in [1.165, 1.54) is 44.9 Å². The first-order valence-corrected chi connectivity index (χ1v) is 23.4. The number of fused-ring (bicyclic) bond motifs is 8. The summed E-state index contributed by atoms with van der Waals surface area (Å²) in [6, 6.07) is 0. The number of allylic oxidation sites excluding steroid dienone is 8. The van der Waals surface area contributed by atoms with E-state index >= 15 is 0 Å². The molecule has 0 heteroatoms. The highest BCUT2D eigenvalue weighted by atomic mass is 14.7. The molecular weight excluding hydrogens is 625 g/mol. The van der Waals surface area contributed by atoms with Gasteiger partial charge in [-0.05, 0) is 222 Å². The Bertz CT molecular complexity index is 1550. The maximum atomic E-state index is 3.04. The number of hydrogen-bond donors (Lipinski definition) is 0. The molecular formula is C52H76. The Morgan fingerprint density at radius 3 is 1.33 bits per heavy atom. The average molecular weight is 701 g/mol. The van der Waals surface area contributed by atoms with E-state index in [-0.39, 0.29) is 0 Å². The number of hydrogen-bond acceptors (Lipinski definition) is 0. The second-order valence-electron chi connectivity index (χ2n) is 25.3. The van der Waals surface area contributed by atoms with Crippen molar-refractivity contribution < 1.29 is 0 Å². The van der Waals surface area contributed by atoms with Gasteiger partial charge in [-0.15, -0.1) is 0 Å². The predicted octanol–water partition coefficient (Wildman–Crippen LogP) is 14.2. The van der Waals surface area contributed by atoms with Crippen LogP contribution in [0.3, 0.4) is 0 Å². The summed E-state index contributed by atoms with van der Waals surface area (Å²) in [5.41, 5.74) is 9.45. The van der Waals surface area contributed by atoms with Gasteiger partial charge in [-0.3, -0.25) is 0 Å². The monoisotopic (exact) mass is 701 g/mol. The zero-order valence-electron chi connectivity index (χ0n) is 35.1. The fourth-order valence-corrected chi connectivity index (χ4v) is 18.9. The summed E-state index contributed by atoms with van der Waals surface area (Å²) in [6.07, 6.45) is 36.4. The molecule has 0 N–H and O–H groups in total. The zero-order valence-corrected chi connectivity index (χ0v) is 35.1. The third-order valence-electron chi connectivity index (χ3n) is 21.1. The highest BCUT2D eigenvalue weighted by Gasteiger charge is 2.70. The highest BCUT2D eigenvalue weighted by molar-refractivity contribution is 5.52. The van der Waals surface area contributed by atoms with Crippen LogP contribution in [-0.2, 0) is 0 Å². The van der Waals surface area contributed by atoms with E-state index in [0.29, 0.717) is 50.7 Å². The fraction of sp³-hybridized carbons (Fsp3) is 0.846. The molecule has 10 fully saturated rings. The summed E-state index contributed by atoms with van der Waals surface area (Å²) in [7, 11) is 0. The largest absolute Gasteiger partial charge is 0.0764 e. The predicted molar refractivity (Wildman–Crippen MR) is 217 cm³/mol. The molecule has 12 aliphatic carbocycles. The fourth-order valence-electron chi connectivity index (χ4n) is 18.9. The first kappa shape index (κ1) is 34.2. The van der Waals surface area contributed by atoms with E-state index in [0.717, 1.165) is 58.7 Å². The van der Waals surface area contributed by atoms with Crippen LogP contribution in [0.5, 0.6) is 0 Å². The van der Waals surface area contributed by atoms with Crippen molar-refractivity contribution in [1.29, 1.82) is 0 Å². The second kappa shape index (κ2) is 10.7. The smallest absolute Gasteiger partial charge is 0.00921 e. The molecule has 10 saturated carbocycles. The topological polar surface area (TPSA) is 0 Å². The summed E-state index contributed by atoms with van der Waals surface area (Å²) in [4.78, 5) is 0. The summed E-state index contributed by atoms with van der Waals surface area (Å²) in [5.74, 6) is 11.8. The molecule has 0 nitrogen and oxygen atoms in total. The Kier molecular flexibility index (Phi) is 7.02. The lowest BCUT2D eigenvalue weighted by Gasteiger charge is -2.60. The van der Waals surface area contributed by atoms with E-state index in [9.17, 15) is 0 Å². The molecule has 12 aliphatic rings. The van der Waals surface area contributed by atoms with Gasteiger partial charge in [0.1, 0.15) is 0 Å². The van der Waals surface area contributed by atoms with Gasteiger partial charge in [0.25, 0.3) is 0 Å². The summed E-state index contributed by atoms with van der Waals surface area (Å²) < 4.78 is 0. The van der Waals surface area contributed by atoms with Crippen molar-refractivity contribution in [3.63, 3.8) is 0 Å². The lowest BCUT2D eigenvalue weighted by atomic mass is 9.45. The Labute approximate surface area is 320 Å². The third kappa shape index (κ3) is 4.46. The third-order valence-corrected chi connectivity index (χ3v) is 21.1. The molecule has 10 atom stereocenters. The van der Waals surface area contributed by atoms with Crippen LogP contribution in [0.25, 0.3) is 0 Å². The van der Waals surface area contributed by atoms with Crippen LogP contribution in [0.2, 0.25) is 0 Å². The maximum absolute atomic E-state index is 3.04. The van der Waals surface area contributed by atoms with E-state index in [1.807, 2.05) is 0 Å². The lowest BCUT2D eigenvalue weighted by Crippen LogP contribution is -2.50. The van der Waals surface area contributed by atoms with Gasteiger partial charge in [-0.2, -0.15) is 0 Å². The van der Waals surface area contributed by atoms with E-state index < -0.39 is 0 Å². The maximum Gasteiger partial charge on any atom is -0.00921 e. The minimum Gasteiger partial charge on any atom is -0.0764 e. The van der Waals surface area contributed by atoms with Crippen LogP contribution in [-0.4, -0.2) is 0 Å². The average Bonchev–Trinajstić information content (AvgIpc) is 3.74. The molecule has 52 heavy (non-hydrogen) atoms. The van der Waals surface area contributed by atoms with Crippen LogP contribution in [0.1, 0.15) is 165 Å². The Morgan fingerprint density at radius 1 is 0.442 bits per heavy atom. The Balaban J connectivity index is 1.06. The first-order valence-electron chi connectivity index (χ1n) is 23.4. The molecule has 9 unspecified atom stereocenters. The minimum absolute atomic E-state index is 0.294. The van der Waals surface area contributed by atoms with Gasteiger partial charge in [0.2, 0.25) is 0 Å². The highest BCUT2D eigenvalue weighted by Crippen LogP contribution is 2.77. The molecule has 0 heterocycles. The van der Waals surface area contributed by atoms with Crippen LogP contribution in [0.15, 0.2) is 46.6 Å². The standard InChI is InChI=1S/C52H76/c1-47(2)14-16-49(5,6)44-25-38-35(23-42(44)47)36-24-43-45(50(7,8)17-15-48(43,3)4)26-39(36)46(38)51(9)40-13-11-10-12-34(40)37-21-33(22-41(37)51)52-27-30-18-31(28-52)20-32(19-30)29-52/h23-26,30-41,46H,10-22,27-29H2,1-9H3/t30?,31?,32?,33?,34-,35?,36?,37?,38?,39?,40?,41?,46?,51?,52?/m1/s1. The van der Waals surface area contributed by atoms with Crippen LogP contribution >= 0.6 is 0 Å². The minimum atomic E-state index is 0.294. The van der Waals surface area contributed by atoms with Crippen LogP contribution in [0.4, 0.5) is 0 Å². The Hall–Kier alpha value is -1.04. The summed E-state index contributed by atoms with van der Waals surface area (Å²) in [6.45, 7) is 23.8. The molecule has 0 aliphatic heterocycles. The van der Waals surface area contributed by atoms with Gasteiger partial charge >= 0.3 is 0 Å². The van der Waals surface area contributed by atoms with Gasteiger partial charge in [-0.1, -0.05) is 99.5 Å². The Morgan fingerprint density at radius 2 is 0.865 bits per heavy atom. The SMILES string of the molecule is CC1(C)CCC(C)(C)C2=CC3C(C=C21)C1C=C2C(=CC1C3C1(C)C3CC(C45CC6CC(CC(C6)C4)C5)CC3[C@H]3CCCCC31)C(C)(C)CCC2(C)C. The molecule has 0 saturated heterocycles. The van der Waals surface area contributed by atoms with Crippen molar-refractivity contribution in [2.24, 2.45) is 109 Å². The van der Waals surface area contributed by atoms with Gasteiger partial charge in [0, 0.05) is 0 Å². The summed E-state index contributed by atoms with van der Waals surface area (Å²) >= 11 is 0.